The Morgan fingerprint density at radius 2 is 2.11 bits per heavy atom. The van der Waals surface area contributed by atoms with Crippen LogP contribution in [0.4, 0.5) is 14.9 Å². The van der Waals surface area contributed by atoms with Crippen LogP contribution < -0.4 is 10.1 Å². The van der Waals surface area contributed by atoms with Gasteiger partial charge in [0.15, 0.2) is 11.0 Å². The maximum Gasteiger partial charge on any atom is 0.410 e. The first-order valence-electron chi connectivity index (χ1n) is 12.0. The quantitative estimate of drug-likeness (QED) is 0.617. The maximum absolute atomic E-state index is 15.2. The van der Waals surface area contributed by atoms with E-state index in [2.05, 4.69) is 15.3 Å². The summed E-state index contributed by atoms with van der Waals surface area (Å²) < 4.78 is 28.8. The highest BCUT2D eigenvalue weighted by atomic mass is 35.5. The highest BCUT2D eigenvalue weighted by Crippen LogP contribution is 2.43. The zero-order valence-corrected chi connectivity index (χ0v) is 21.7. The van der Waals surface area contributed by atoms with Crippen molar-refractivity contribution in [2.45, 2.75) is 76.9 Å². The van der Waals surface area contributed by atoms with E-state index in [4.69, 9.17) is 21.1 Å². The third-order valence-electron chi connectivity index (χ3n) is 6.83. The number of ether oxygens (including phenoxy) is 2. The zero-order valence-electron chi connectivity index (χ0n) is 20.9. The number of halogens is 2. The number of nitrogens with one attached hydrogen (secondary N) is 1. The lowest BCUT2D eigenvalue weighted by Crippen LogP contribution is -2.65. The maximum atomic E-state index is 15.2. The molecule has 1 N–H and O–H groups in total. The van der Waals surface area contributed by atoms with Crippen LogP contribution in [-0.2, 0) is 18.3 Å². The van der Waals surface area contributed by atoms with Crippen LogP contribution in [0.25, 0.3) is 0 Å². The van der Waals surface area contributed by atoms with E-state index in [0.717, 1.165) is 6.42 Å². The van der Waals surface area contributed by atoms with Crippen LogP contribution in [-0.4, -0.2) is 72.7 Å². The summed E-state index contributed by atoms with van der Waals surface area (Å²) in [4.78, 5) is 38.8. The van der Waals surface area contributed by atoms with E-state index in [1.165, 1.54) is 0 Å². The Hall–Kier alpha value is -3.08. The van der Waals surface area contributed by atoms with Crippen molar-refractivity contribution in [3.05, 3.63) is 34.8 Å². The molecular weight excluding hydrogens is 491 g/mol. The fraction of sp³-hybridized carbons (Fsp3) is 0.583. The van der Waals surface area contributed by atoms with Gasteiger partial charge in [0.05, 0.1) is 42.4 Å². The second-order valence-electron chi connectivity index (χ2n) is 10.6. The van der Waals surface area contributed by atoms with E-state index < -0.39 is 40.7 Å². The van der Waals surface area contributed by atoms with Gasteiger partial charge in [-0.2, -0.15) is 4.98 Å². The first-order chi connectivity index (χ1) is 16.9. The molecule has 0 saturated carbocycles. The summed E-state index contributed by atoms with van der Waals surface area (Å²) in [6.45, 7) is 7.76. The molecule has 2 fully saturated rings. The second-order valence-corrected chi connectivity index (χ2v) is 11.0. The van der Waals surface area contributed by atoms with Gasteiger partial charge in [0.1, 0.15) is 17.3 Å². The van der Waals surface area contributed by atoms with E-state index in [1.54, 1.807) is 26.9 Å². The first-order valence-corrected chi connectivity index (χ1v) is 12.4. The van der Waals surface area contributed by atoms with Crippen molar-refractivity contribution in [2.24, 2.45) is 7.05 Å². The summed E-state index contributed by atoms with van der Waals surface area (Å²) in [6.07, 6.45) is 3.93. The molecule has 4 atom stereocenters. The second kappa shape index (κ2) is 8.79. The average Bonchev–Trinajstić information content (AvgIpc) is 3.31. The molecule has 3 aliphatic heterocycles. The summed E-state index contributed by atoms with van der Waals surface area (Å²) in [5.74, 6) is -1.27. The van der Waals surface area contributed by atoms with E-state index in [0.29, 0.717) is 12.1 Å². The van der Waals surface area contributed by atoms with Crippen molar-refractivity contribution in [3.63, 3.8) is 0 Å². The molecule has 12 heteroatoms. The SMILES string of the molecule is C[C@@H]1Oc2nc(Cl)c(F)c(NCc3cn(C)cn3)c2C(=O)N2C[C@H]3CC[C@@H]([C@@H]12)N3C(=O)OC(C)(C)C. The molecular formula is C24H30ClFN6O4. The van der Waals surface area contributed by atoms with Gasteiger partial charge < -0.3 is 24.3 Å². The number of amides is 2. The van der Waals surface area contributed by atoms with E-state index in [1.807, 2.05) is 34.7 Å². The minimum absolute atomic E-state index is 0.00713. The molecule has 2 aromatic heterocycles. The molecule has 10 nitrogen and oxygen atoms in total. The molecule has 194 valence electrons. The van der Waals surface area contributed by atoms with Gasteiger partial charge in [-0.05, 0) is 40.5 Å². The highest BCUT2D eigenvalue weighted by molar-refractivity contribution is 6.30. The summed E-state index contributed by atoms with van der Waals surface area (Å²) in [7, 11) is 1.83. The van der Waals surface area contributed by atoms with Crippen LogP contribution in [0.3, 0.4) is 0 Å². The molecule has 5 heterocycles. The van der Waals surface area contributed by atoms with Gasteiger partial charge in [-0.15, -0.1) is 0 Å². The molecule has 2 aromatic rings. The predicted molar refractivity (Wildman–Crippen MR) is 130 cm³/mol. The van der Waals surface area contributed by atoms with E-state index in [9.17, 15) is 9.59 Å². The van der Waals surface area contributed by atoms with E-state index >= 15 is 4.39 Å². The van der Waals surface area contributed by atoms with Crippen molar-refractivity contribution < 1.29 is 23.5 Å². The lowest BCUT2D eigenvalue weighted by atomic mass is 9.97. The number of hydrogen-bond acceptors (Lipinski definition) is 7. The van der Waals surface area contributed by atoms with E-state index in [-0.39, 0.29) is 42.3 Å². The fourth-order valence-corrected chi connectivity index (χ4v) is 5.63. The first kappa shape index (κ1) is 24.6. The van der Waals surface area contributed by atoms with Crippen LogP contribution in [0.2, 0.25) is 5.15 Å². The minimum atomic E-state index is -0.829. The third kappa shape index (κ3) is 4.23. The lowest BCUT2D eigenvalue weighted by molar-refractivity contribution is -0.0350. The van der Waals surface area contributed by atoms with Gasteiger partial charge in [-0.25, -0.2) is 14.2 Å². The summed E-state index contributed by atoms with van der Waals surface area (Å²) in [6, 6.07) is -0.950. The molecule has 0 unspecified atom stereocenters. The number of carbonyl (C=O) groups is 2. The largest absolute Gasteiger partial charge is 0.472 e. The van der Waals surface area contributed by atoms with Gasteiger partial charge in [0.25, 0.3) is 5.91 Å². The number of aromatic nitrogens is 3. The summed E-state index contributed by atoms with van der Waals surface area (Å²) in [5.41, 5.74) is -0.0592. The Morgan fingerprint density at radius 3 is 2.78 bits per heavy atom. The van der Waals surface area contributed by atoms with Gasteiger partial charge in [0.2, 0.25) is 5.88 Å². The van der Waals surface area contributed by atoms with Gasteiger partial charge in [0, 0.05) is 19.8 Å². The summed E-state index contributed by atoms with van der Waals surface area (Å²) in [5, 5.41) is 2.59. The Labute approximate surface area is 213 Å². The average molecular weight is 521 g/mol. The molecule has 36 heavy (non-hydrogen) atoms. The standard InChI is InChI=1S/C24H30ClFN6O4/c1-12-19-15-7-6-14(32(15)23(34)36-24(2,3)4)10-31(19)22(33)16-18(17(26)20(25)29-21(16)35-12)27-8-13-9-30(5)11-28-13/h9,11-12,14-15,19H,6-8,10H2,1-5H3,(H,27,29)/t12-,14+,15-,19+/m0/s1. The lowest BCUT2D eigenvalue weighted by Gasteiger charge is -2.47. The topological polar surface area (TPSA) is 102 Å². The molecule has 2 saturated heterocycles. The van der Waals surface area contributed by atoms with Crippen molar-refractivity contribution in [3.8, 4) is 5.88 Å². The molecule has 0 aromatic carbocycles. The number of fused-ring (bicyclic) bond motifs is 5. The van der Waals surface area contributed by atoms with Crippen LogP contribution in [0, 0.1) is 5.82 Å². The van der Waals surface area contributed by atoms with Crippen LogP contribution in [0.5, 0.6) is 5.88 Å². The normalized spacial score (nSPS) is 25.1. The third-order valence-corrected chi connectivity index (χ3v) is 7.08. The number of nitrogens with zero attached hydrogens (tertiary/aromatic N) is 5. The van der Waals surface area contributed by atoms with Crippen molar-refractivity contribution in [1.29, 1.82) is 0 Å². The smallest absolute Gasteiger partial charge is 0.410 e. The van der Waals surface area contributed by atoms with Gasteiger partial charge in [-0.3, -0.25) is 9.69 Å². The van der Waals surface area contributed by atoms with Crippen LogP contribution in [0.1, 0.15) is 56.6 Å². The monoisotopic (exact) mass is 520 g/mol. The molecule has 3 aliphatic rings. The molecule has 2 amide bonds. The Balaban J connectivity index is 1.49. The molecule has 5 rings (SSSR count). The number of rotatable bonds is 3. The number of anilines is 1. The molecule has 0 spiro atoms. The van der Waals surface area contributed by atoms with Crippen molar-refractivity contribution in [2.75, 3.05) is 11.9 Å². The van der Waals surface area contributed by atoms with Gasteiger partial charge >= 0.3 is 6.09 Å². The number of hydrogen-bond donors (Lipinski definition) is 1. The van der Waals surface area contributed by atoms with Crippen molar-refractivity contribution in [1.82, 2.24) is 24.3 Å². The van der Waals surface area contributed by atoms with Crippen LogP contribution >= 0.6 is 11.6 Å². The number of imidazole rings is 1. The van der Waals surface area contributed by atoms with Crippen molar-refractivity contribution >= 4 is 29.3 Å². The number of carbonyl (C=O) groups excluding carboxylic acids is 2. The van der Waals surface area contributed by atoms with Crippen LogP contribution in [0.15, 0.2) is 12.5 Å². The molecule has 0 aliphatic carbocycles. The summed E-state index contributed by atoms with van der Waals surface area (Å²) >= 11 is 6.11. The zero-order chi connectivity index (χ0) is 25.9. The Morgan fingerprint density at radius 1 is 1.36 bits per heavy atom. The Kier molecular flexibility index (Phi) is 6.01. The molecule has 2 bridgehead atoms. The molecule has 0 radical (unpaired) electrons. The predicted octanol–water partition coefficient (Wildman–Crippen LogP) is 3.59. The highest BCUT2D eigenvalue weighted by Gasteiger charge is 2.55. The number of pyridine rings is 1. The number of aryl methyl sites for hydroxylation is 1. The Bertz CT molecular complexity index is 1210. The fourth-order valence-electron chi connectivity index (χ4n) is 5.46. The van der Waals surface area contributed by atoms with Gasteiger partial charge in [-0.1, -0.05) is 11.6 Å². The number of piperazine rings is 1. The minimum Gasteiger partial charge on any atom is -0.472 e.